The molecule has 1 saturated carbocycles. The lowest BCUT2D eigenvalue weighted by Crippen LogP contribution is -2.21. The maximum atomic E-state index is 13.5. The SMILES string of the molecule is O=C(OC1CCCCC1)c1cc(F)cc(S(=O)(=O)Cl)c1Br. The molecule has 1 aromatic rings. The van der Waals surface area contributed by atoms with E-state index in [-0.39, 0.29) is 16.1 Å². The minimum absolute atomic E-state index is 0.0836. The minimum atomic E-state index is -4.17. The molecule has 0 spiro atoms. The first-order valence-electron chi connectivity index (χ1n) is 6.43. The number of benzene rings is 1. The maximum absolute atomic E-state index is 13.5. The van der Waals surface area contributed by atoms with Gasteiger partial charge in [-0.15, -0.1) is 0 Å². The van der Waals surface area contributed by atoms with E-state index in [1.807, 2.05) is 0 Å². The molecule has 0 heterocycles. The molecule has 1 aromatic carbocycles. The van der Waals surface area contributed by atoms with Gasteiger partial charge in [0.25, 0.3) is 9.05 Å². The summed E-state index contributed by atoms with van der Waals surface area (Å²) in [6.45, 7) is 0. The summed E-state index contributed by atoms with van der Waals surface area (Å²) < 4.78 is 41.5. The number of hydrogen-bond acceptors (Lipinski definition) is 4. The Bertz CT molecular complexity index is 656. The van der Waals surface area contributed by atoms with Crippen LogP contribution in [-0.4, -0.2) is 20.5 Å². The third kappa shape index (κ3) is 4.17. The third-order valence-corrected chi connectivity index (χ3v) is 5.78. The molecule has 0 bridgehead atoms. The molecule has 0 aromatic heterocycles. The second-order valence-corrected chi connectivity index (χ2v) is 8.20. The van der Waals surface area contributed by atoms with Crippen molar-refractivity contribution in [3.63, 3.8) is 0 Å². The first kappa shape index (κ1) is 16.7. The van der Waals surface area contributed by atoms with E-state index in [0.29, 0.717) is 0 Å². The number of carbonyl (C=O) groups is 1. The summed E-state index contributed by atoms with van der Waals surface area (Å²) in [5.74, 6) is -1.62. The molecular formula is C13H13BrClFO4S. The normalized spacial score (nSPS) is 16.7. The van der Waals surface area contributed by atoms with Gasteiger partial charge in [0.1, 0.15) is 16.8 Å². The highest BCUT2D eigenvalue weighted by molar-refractivity contribution is 9.10. The largest absolute Gasteiger partial charge is 0.459 e. The predicted octanol–water partition coefficient (Wildman–Crippen LogP) is 4.01. The van der Waals surface area contributed by atoms with E-state index in [9.17, 15) is 17.6 Å². The highest BCUT2D eigenvalue weighted by atomic mass is 79.9. The van der Waals surface area contributed by atoms with Crippen molar-refractivity contribution in [1.29, 1.82) is 0 Å². The molecule has 0 amide bonds. The molecular weight excluding hydrogens is 387 g/mol. The molecule has 0 saturated heterocycles. The topological polar surface area (TPSA) is 60.4 Å². The van der Waals surface area contributed by atoms with E-state index >= 15 is 0 Å². The number of hydrogen-bond donors (Lipinski definition) is 0. The highest BCUT2D eigenvalue weighted by Crippen LogP contribution is 2.31. The summed E-state index contributed by atoms with van der Waals surface area (Å²) >= 11 is 2.99. The third-order valence-electron chi connectivity index (χ3n) is 3.31. The smallest absolute Gasteiger partial charge is 0.339 e. The molecule has 1 aliphatic carbocycles. The van der Waals surface area contributed by atoms with Crippen molar-refractivity contribution in [3.05, 3.63) is 28.0 Å². The second kappa shape index (κ2) is 6.62. The summed E-state index contributed by atoms with van der Waals surface area (Å²) in [4.78, 5) is 11.6. The Kier molecular flexibility index (Phi) is 5.27. The molecule has 0 radical (unpaired) electrons. The zero-order valence-electron chi connectivity index (χ0n) is 10.9. The number of esters is 1. The van der Waals surface area contributed by atoms with Gasteiger partial charge >= 0.3 is 5.97 Å². The lowest BCUT2D eigenvalue weighted by atomic mass is 9.98. The lowest BCUT2D eigenvalue weighted by Gasteiger charge is -2.22. The Labute approximate surface area is 135 Å². The standard InChI is InChI=1S/C13H13BrClFO4S/c14-12-10(6-8(16)7-11(12)21(15,18)19)13(17)20-9-4-2-1-3-5-9/h6-7,9H,1-5H2. The zero-order chi connectivity index (χ0) is 15.6. The molecule has 1 aliphatic rings. The molecule has 8 heteroatoms. The van der Waals surface area contributed by atoms with Gasteiger partial charge in [0.05, 0.1) is 10.0 Å². The van der Waals surface area contributed by atoms with Crippen LogP contribution in [0.3, 0.4) is 0 Å². The van der Waals surface area contributed by atoms with E-state index in [4.69, 9.17) is 15.4 Å². The van der Waals surface area contributed by atoms with E-state index in [1.165, 1.54) is 0 Å². The number of rotatable bonds is 3. The van der Waals surface area contributed by atoms with Crippen LogP contribution >= 0.6 is 26.6 Å². The Balaban J connectivity index is 2.30. The van der Waals surface area contributed by atoms with Crippen LogP contribution in [0, 0.1) is 5.82 Å². The van der Waals surface area contributed by atoms with E-state index < -0.39 is 25.7 Å². The van der Waals surface area contributed by atoms with Gasteiger partial charge in [-0.3, -0.25) is 0 Å². The molecule has 0 atom stereocenters. The summed E-state index contributed by atoms with van der Waals surface area (Å²) in [7, 11) is 1.06. The number of ether oxygens (including phenoxy) is 1. The van der Waals surface area contributed by atoms with Crippen molar-refractivity contribution in [3.8, 4) is 0 Å². The van der Waals surface area contributed by atoms with Crippen molar-refractivity contribution in [2.45, 2.75) is 43.1 Å². The molecule has 1 fully saturated rings. The van der Waals surface area contributed by atoms with Gasteiger partial charge in [0.15, 0.2) is 0 Å². The molecule has 0 N–H and O–H groups in total. The average molecular weight is 400 g/mol. The first-order chi connectivity index (χ1) is 9.79. The van der Waals surface area contributed by atoms with Crippen LogP contribution in [-0.2, 0) is 13.8 Å². The van der Waals surface area contributed by atoms with Crippen LogP contribution in [0.25, 0.3) is 0 Å². The van der Waals surface area contributed by atoms with Gasteiger partial charge in [0.2, 0.25) is 0 Å². The Morgan fingerprint density at radius 2 is 1.90 bits per heavy atom. The zero-order valence-corrected chi connectivity index (χ0v) is 14.1. The van der Waals surface area contributed by atoms with Gasteiger partial charge in [-0.2, -0.15) is 0 Å². The van der Waals surface area contributed by atoms with Crippen LogP contribution < -0.4 is 0 Å². The van der Waals surface area contributed by atoms with Crippen molar-refractivity contribution < 1.29 is 22.3 Å². The lowest BCUT2D eigenvalue weighted by molar-refractivity contribution is 0.0209. The predicted molar refractivity (Wildman–Crippen MR) is 79.4 cm³/mol. The van der Waals surface area contributed by atoms with Crippen molar-refractivity contribution >= 4 is 41.6 Å². The maximum Gasteiger partial charge on any atom is 0.339 e. The second-order valence-electron chi connectivity index (χ2n) is 4.87. The van der Waals surface area contributed by atoms with Gasteiger partial charge in [-0.25, -0.2) is 17.6 Å². The fourth-order valence-corrected chi connectivity index (χ4v) is 4.54. The van der Waals surface area contributed by atoms with Gasteiger partial charge in [0, 0.05) is 10.7 Å². The van der Waals surface area contributed by atoms with Crippen molar-refractivity contribution in [2.75, 3.05) is 0 Å². The van der Waals surface area contributed by atoms with E-state index in [0.717, 1.165) is 44.2 Å². The monoisotopic (exact) mass is 398 g/mol. The quantitative estimate of drug-likeness (QED) is 0.569. The summed E-state index contributed by atoms with van der Waals surface area (Å²) in [6, 6.07) is 1.69. The van der Waals surface area contributed by atoms with Gasteiger partial charge in [-0.05, 0) is 53.7 Å². The molecule has 21 heavy (non-hydrogen) atoms. The first-order valence-corrected chi connectivity index (χ1v) is 9.54. The van der Waals surface area contributed by atoms with Crippen LogP contribution in [0.1, 0.15) is 42.5 Å². The van der Waals surface area contributed by atoms with Gasteiger partial charge in [-0.1, -0.05) is 6.42 Å². The number of carbonyl (C=O) groups excluding carboxylic acids is 1. The average Bonchev–Trinajstić information content (AvgIpc) is 2.40. The Morgan fingerprint density at radius 3 is 2.48 bits per heavy atom. The van der Waals surface area contributed by atoms with Crippen LogP contribution in [0.15, 0.2) is 21.5 Å². The van der Waals surface area contributed by atoms with Gasteiger partial charge < -0.3 is 4.74 Å². The van der Waals surface area contributed by atoms with Crippen molar-refractivity contribution in [1.82, 2.24) is 0 Å². The van der Waals surface area contributed by atoms with Crippen molar-refractivity contribution in [2.24, 2.45) is 0 Å². The van der Waals surface area contributed by atoms with Crippen LogP contribution in [0.4, 0.5) is 4.39 Å². The number of halogens is 3. The fourth-order valence-electron chi connectivity index (χ4n) is 2.29. The summed E-state index contributed by atoms with van der Waals surface area (Å²) in [5, 5.41) is 0. The summed E-state index contributed by atoms with van der Waals surface area (Å²) in [5.41, 5.74) is -0.181. The molecule has 4 nitrogen and oxygen atoms in total. The molecule has 0 unspecified atom stereocenters. The molecule has 2 rings (SSSR count). The highest BCUT2D eigenvalue weighted by Gasteiger charge is 2.25. The Hall–Kier alpha value is -0.660. The summed E-state index contributed by atoms with van der Waals surface area (Å²) in [6.07, 6.45) is 4.37. The van der Waals surface area contributed by atoms with E-state index in [1.54, 1.807) is 0 Å². The van der Waals surface area contributed by atoms with E-state index in [2.05, 4.69) is 15.9 Å². The molecule has 116 valence electrons. The Morgan fingerprint density at radius 1 is 1.29 bits per heavy atom. The van der Waals surface area contributed by atoms with Crippen LogP contribution in [0.5, 0.6) is 0 Å². The fraction of sp³-hybridized carbons (Fsp3) is 0.462. The minimum Gasteiger partial charge on any atom is -0.459 e. The van der Waals surface area contributed by atoms with Crippen LogP contribution in [0.2, 0.25) is 0 Å². The molecule has 0 aliphatic heterocycles.